The molecule has 2 aliphatic rings. The molecule has 166 valence electrons. The number of aliphatic hydroxyl groups is 1. The number of methoxy groups -OCH3 is 1. The Balaban J connectivity index is 1.52. The fourth-order valence-corrected chi connectivity index (χ4v) is 4.98. The van der Waals surface area contributed by atoms with E-state index in [2.05, 4.69) is 38.3 Å². The minimum absolute atomic E-state index is 0.0156. The van der Waals surface area contributed by atoms with Gasteiger partial charge in [-0.1, -0.05) is 28.1 Å². The summed E-state index contributed by atoms with van der Waals surface area (Å²) in [5.74, 6) is 0.896. The van der Waals surface area contributed by atoms with Crippen molar-refractivity contribution in [3.05, 3.63) is 58.6 Å². The molecule has 0 saturated carbocycles. The van der Waals surface area contributed by atoms with Gasteiger partial charge in [-0.25, -0.2) is 4.79 Å². The zero-order valence-corrected chi connectivity index (χ0v) is 19.2. The summed E-state index contributed by atoms with van der Waals surface area (Å²) in [7, 11) is 1.61. The van der Waals surface area contributed by atoms with E-state index in [9.17, 15) is 9.90 Å². The Hall–Kier alpha value is -2.13. The van der Waals surface area contributed by atoms with E-state index < -0.39 is 0 Å². The van der Waals surface area contributed by atoms with Gasteiger partial charge >= 0.3 is 6.03 Å². The van der Waals surface area contributed by atoms with Gasteiger partial charge in [0.05, 0.1) is 13.7 Å². The van der Waals surface area contributed by atoms with Crippen molar-refractivity contribution in [2.75, 3.05) is 38.7 Å². The molecule has 7 nitrogen and oxygen atoms in total. The number of fused-ring (bicyclic) bond motifs is 1. The lowest BCUT2D eigenvalue weighted by Gasteiger charge is -2.57. The molecule has 4 N–H and O–H groups in total. The Morgan fingerprint density at radius 3 is 2.55 bits per heavy atom. The van der Waals surface area contributed by atoms with Crippen LogP contribution in [0.5, 0.6) is 5.75 Å². The molecular weight excluding hydrogens is 460 g/mol. The first kappa shape index (κ1) is 22.1. The summed E-state index contributed by atoms with van der Waals surface area (Å²) >= 11 is 3.49. The third-order valence-corrected chi connectivity index (χ3v) is 6.90. The fourth-order valence-electron chi connectivity index (χ4n) is 4.71. The van der Waals surface area contributed by atoms with Gasteiger partial charge in [-0.15, -0.1) is 0 Å². The number of carbonyl (C=O) groups is 1. The van der Waals surface area contributed by atoms with Gasteiger partial charge in [-0.2, -0.15) is 0 Å². The lowest BCUT2D eigenvalue weighted by Crippen LogP contribution is -2.70. The van der Waals surface area contributed by atoms with E-state index in [1.165, 1.54) is 5.56 Å². The zero-order valence-electron chi connectivity index (χ0n) is 17.6. The van der Waals surface area contributed by atoms with E-state index in [4.69, 9.17) is 10.5 Å². The lowest BCUT2D eigenvalue weighted by atomic mass is 9.74. The van der Waals surface area contributed by atoms with Crippen molar-refractivity contribution in [3.63, 3.8) is 0 Å². The molecule has 31 heavy (non-hydrogen) atoms. The third-order valence-electron chi connectivity index (χ3n) is 6.37. The number of halogens is 1. The average molecular weight is 489 g/mol. The highest BCUT2D eigenvalue weighted by Gasteiger charge is 2.50. The molecular formula is C23H29BrN4O3. The summed E-state index contributed by atoms with van der Waals surface area (Å²) in [4.78, 5) is 17.2. The number of rotatable bonds is 4. The highest BCUT2D eigenvalue weighted by Crippen LogP contribution is 2.42. The van der Waals surface area contributed by atoms with E-state index in [1.54, 1.807) is 7.11 Å². The first-order valence-corrected chi connectivity index (χ1v) is 11.4. The van der Waals surface area contributed by atoms with Crippen LogP contribution in [0.25, 0.3) is 0 Å². The van der Waals surface area contributed by atoms with Crippen molar-refractivity contribution >= 4 is 27.6 Å². The largest absolute Gasteiger partial charge is 0.497 e. The predicted octanol–water partition coefficient (Wildman–Crippen LogP) is 2.85. The van der Waals surface area contributed by atoms with Crippen molar-refractivity contribution in [2.45, 2.75) is 30.5 Å². The molecule has 4 rings (SSSR count). The molecule has 4 atom stereocenters. The molecule has 8 heteroatoms. The van der Waals surface area contributed by atoms with Gasteiger partial charge in [-0.3, -0.25) is 4.90 Å². The van der Waals surface area contributed by atoms with E-state index >= 15 is 0 Å². The molecule has 2 saturated heterocycles. The Morgan fingerprint density at radius 2 is 1.90 bits per heavy atom. The van der Waals surface area contributed by atoms with Crippen LogP contribution < -0.4 is 15.8 Å². The van der Waals surface area contributed by atoms with Crippen LogP contribution in [0.1, 0.15) is 17.9 Å². The summed E-state index contributed by atoms with van der Waals surface area (Å²) in [6, 6.07) is 15.5. The number of hydrogen-bond acceptors (Lipinski definition) is 5. The van der Waals surface area contributed by atoms with E-state index in [0.29, 0.717) is 13.1 Å². The van der Waals surface area contributed by atoms with Gasteiger partial charge in [0.15, 0.2) is 0 Å². The van der Waals surface area contributed by atoms with Gasteiger partial charge in [0.1, 0.15) is 5.75 Å². The lowest BCUT2D eigenvalue weighted by molar-refractivity contribution is -0.0620. The molecule has 0 aliphatic carbocycles. The Labute approximate surface area is 191 Å². The van der Waals surface area contributed by atoms with Crippen LogP contribution in [0.3, 0.4) is 0 Å². The number of aliphatic hydroxyl groups excluding tert-OH is 1. The molecule has 2 fully saturated rings. The second-order valence-corrected chi connectivity index (χ2v) is 9.16. The topological polar surface area (TPSA) is 91.1 Å². The van der Waals surface area contributed by atoms with E-state index in [-0.39, 0.29) is 36.7 Å². The van der Waals surface area contributed by atoms with Gasteiger partial charge in [0.2, 0.25) is 0 Å². The monoisotopic (exact) mass is 488 g/mol. The van der Waals surface area contributed by atoms with Crippen LogP contribution in [0.4, 0.5) is 10.5 Å². The number of anilines is 1. The maximum Gasteiger partial charge on any atom is 0.321 e. The molecule has 2 aliphatic heterocycles. The van der Waals surface area contributed by atoms with Gasteiger partial charge in [-0.05, 0) is 48.4 Å². The number of ether oxygens (including phenoxy) is 1. The van der Waals surface area contributed by atoms with E-state index in [1.807, 2.05) is 41.3 Å². The summed E-state index contributed by atoms with van der Waals surface area (Å²) in [6.07, 6.45) is 0.723. The number of benzene rings is 2. The van der Waals surface area contributed by atoms with E-state index in [0.717, 1.165) is 28.9 Å². The van der Waals surface area contributed by atoms with Crippen LogP contribution in [-0.2, 0) is 0 Å². The molecule has 2 heterocycles. The normalized spacial score (nSPS) is 26.3. The summed E-state index contributed by atoms with van der Waals surface area (Å²) in [5.41, 5.74) is 8.25. The SMILES string of the molecule is COc1ccc(NC(=O)N2CC[C@@H](N)CN3[C@H](CO)[C@H](c4ccc(Br)cc4)[C@@H]3C2)cc1. The summed E-state index contributed by atoms with van der Waals surface area (Å²) in [5, 5.41) is 13.1. The second kappa shape index (κ2) is 9.56. The first-order chi connectivity index (χ1) is 15.0. The first-order valence-electron chi connectivity index (χ1n) is 10.6. The summed E-state index contributed by atoms with van der Waals surface area (Å²) in [6.45, 7) is 2.00. The molecule has 0 radical (unpaired) electrons. The number of nitrogens with two attached hydrogens (primary N) is 1. The zero-order chi connectivity index (χ0) is 22.0. The molecule has 2 aromatic rings. The molecule has 0 bridgehead atoms. The Kier molecular flexibility index (Phi) is 6.81. The van der Waals surface area contributed by atoms with Crippen molar-refractivity contribution in [2.24, 2.45) is 5.73 Å². The minimum atomic E-state index is -0.138. The van der Waals surface area contributed by atoms with Crippen LogP contribution in [0.15, 0.2) is 53.0 Å². The second-order valence-electron chi connectivity index (χ2n) is 8.24. The number of nitrogens with zero attached hydrogens (tertiary/aromatic N) is 2. The average Bonchev–Trinajstić information content (AvgIpc) is 2.76. The highest BCUT2D eigenvalue weighted by molar-refractivity contribution is 9.10. The summed E-state index contributed by atoms with van der Waals surface area (Å²) < 4.78 is 6.20. The van der Waals surface area contributed by atoms with Crippen molar-refractivity contribution in [3.8, 4) is 5.75 Å². The van der Waals surface area contributed by atoms with Gasteiger partial charge < -0.3 is 25.8 Å². The Bertz CT molecular complexity index is 893. The third kappa shape index (κ3) is 4.72. The maximum atomic E-state index is 13.1. The standard InChI is InChI=1S/C23H29BrN4O3/c1-31-19-8-6-18(7-9-19)26-23(30)27-11-10-17(25)12-28-20(13-27)22(21(28)14-29)15-2-4-16(24)5-3-15/h2-9,17,20-22,29H,10-14,25H2,1H3,(H,26,30)/t17-,20+,21-,22-/m1/s1. The number of urea groups is 1. The van der Waals surface area contributed by atoms with Crippen molar-refractivity contribution in [1.82, 2.24) is 9.80 Å². The Morgan fingerprint density at radius 1 is 1.19 bits per heavy atom. The molecule has 2 amide bonds. The van der Waals surface area contributed by atoms with Crippen molar-refractivity contribution < 1.29 is 14.6 Å². The molecule has 2 aromatic carbocycles. The van der Waals surface area contributed by atoms with Gasteiger partial charge in [0.25, 0.3) is 0 Å². The number of amides is 2. The fraction of sp³-hybridized carbons (Fsp3) is 0.435. The minimum Gasteiger partial charge on any atom is -0.497 e. The smallest absolute Gasteiger partial charge is 0.321 e. The molecule has 0 spiro atoms. The van der Waals surface area contributed by atoms with Gasteiger partial charge in [0, 0.05) is 53.8 Å². The van der Waals surface area contributed by atoms with Crippen LogP contribution in [0, 0.1) is 0 Å². The predicted molar refractivity (Wildman–Crippen MR) is 124 cm³/mol. The molecule has 0 aromatic heterocycles. The number of hydrogen-bond donors (Lipinski definition) is 3. The number of nitrogens with one attached hydrogen (secondary N) is 1. The quantitative estimate of drug-likeness (QED) is 0.615. The van der Waals surface area contributed by atoms with Crippen LogP contribution in [0.2, 0.25) is 0 Å². The maximum absolute atomic E-state index is 13.1. The number of carbonyl (C=O) groups excluding carboxylic acids is 1. The van der Waals surface area contributed by atoms with Crippen LogP contribution >= 0.6 is 15.9 Å². The van der Waals surface area contributed by atoms with Crippen molar-refractivity contribution in [1.29, 1.82) is 0 Å². The molecule has 0 unspecified atom stereocenters. The highest BCUT2D eigenvalue weighted by atomic mass is 79.9. The van der Waals surface area contributed by atoms with Crippen LogP contribution in [-0.4, -0.2) is 72.4 Å².